The van der Waals surface area contributed by atoms with Gasteiger partial charge in [-0.1, -0.05) is 24.6 Å². The molecule has 82 valence electrons. The van der Waals surface area contributed by atoms with E-state index in [1.54, 1.807) is 0 Å². The lowest BCUT2D eigenvalue weighted by atomic mass is 9.74. The monoisotopic (exact) mass is 223 g/mol. The lowest BCUT2D eigenvalue weighted by molar-refractivity contribution is 0.387. The fraction of sp³-hybridized carbons (Fsp3) is 0.538. The Kier molecular flexibility index (Phi) is 3.32. The van der Waals surface area contributed by atoms with E-state index in [0.29, 0.717) is 5.92 Å². The summed E-state index contributed by atoms with van der Waals surface area (Å²) in [7, 11) is 0. The van der Waals surface area contributed by atoms with E-state index in [4.69, 9.17) is 17.3 Å². The van der Waals surface area contributed by atoms with Crippen molar-refractivity contribution in [2.24, 2.45) is 11.7 Å². The molecule has 2 unspecified atom stereocenters. The van der Waals surface area contributed by atoms with E-state index in [1.165, 1.54) is 17.5 Å². The van der Waals surface area contributed by atoms with Crippen LogP contribution < -0.4 is 5.73 Å². The standard InChI is InChI=1S/C13H18ClN/c1-9-2-3-10-8-11(14)4-5-13(10)12(9)6-7-15/h4-5,8-9,12H,2-3,6-7,15H2,1H3. The molecule has 1 aromatic carbocycles. The highest BCUT2D eigenvalue weighted by Gasteiger charge is 2.25. The first-order chi connectivity index (χ1) is 7.22. The SMILES string of the molecule is CC1CCc2cc(Cl)ccc2C1CCN. The summed E-state index contributed by atoms with van der Waals surface area (Å²) in [5.74, 6) is 1.39. The fourth-order valence-corrected chi connectivity index (χ4v) is 2.86. The van der Waals surface area contributed by atoms with Crippen molar-refractivity contribution >= 4 is 11.6 Å². The number of hydrogen-bond acceptors (Lipinski definition) is 1. The highest BCUT2D eigenvalue weighted by molar-refractivity contribution is 6.30. The number of fused-ring (bicyclic) bond motifs is 1. The van der Waals surface area contributed by atoms with Gasteiger partial charge in [-0.15, -0.1) is 0 Å². The lowest BCUT2D eigenvalue weighted by Gasteiger charge is -2.31. The van der Waals surface area contributed by atoms with Crippen molar-refractivity contribution in [1.29, 1.82) is 0 Å². The number of nitrogens with two attached hydrogens (primary N) is 1. The van der Waals surface area contributed by atoms with Crippen molar-refractivity contribution in [2.45, 2.75) is 32.1 Å². The van der Waals surface area contributed by atoms with Crippen LogP contribution in [0.2, 0.25) is 5.02 Å². The van der Waals surface area contributed by atoms with E-state index in [-0.39, 0.29) is 0 Å². The maximum absolute atomic E-state index is 6.01. The van der Waals surface area contributed by atoms with Crippen LogP contribution in [0.4, 0.5) is 0 Å². The number of rotatable bonds is 2. The van der Waals surface area contributed by atoms with Crippen LogP contribution >= 0.6 is 11.6 Å². The molecule has 1 aliphatic carbocycles. The van der Waals surface area contributed by atoms with Gasteiger partial charge in [-0.3, -0.25) is 0 Å². The Bertz CT molecular complexity index is 348. The van der Waals surface area contributed by atoms with Gasteiger partial charge in [0.05, 0.1) is 0 Å². The molecule has 1 aromatic rings. The maximum atomic E-state index is 6.01. The predicted octanol–water partition coefficient (Wildman–Crippen LogP) is 3.35. The molecule has 2 atom stereocenters. The van der Waals surface area contributed by atoms with Gasteiger partial charge in [0, 0.05) is 5.02 Å². The van der Waals surface area contributed by atoms with Crippen molar-refractivity contribution in [3.8, 4) is 0 Å². The normalized spacial score (nSPS) is 25.0. The largest absolute Gasteiger partial charge is 0.330 e. The Labute approximate surface area is 96.6 Å². The van der Waals surface area contributed by atoms with E-state index in [0.717, 1.165) is 30.3 Å². The quantitative estimate of drug-likeness (QED) is 0.818. The third-order valence-electron chi connectivity index (χ3n) is 3.54. The molecule has 0 aromatic heterocycles. The van der Waals surface area contributed by atoms with E-state index >= 15 is 0 Å². The van der Waals surface area contributed by atoms with E-state index in [1.807, 2.05) is 6.07 Å². The highest BCUT2D eigenvalue weighted by atomic mass is 35.5. The average Bonchev–Trinajstić information content (AvgIpc) is 2.22. The summed E-state index contributed by atoms with van der Waals surface area (Å²) in [6.07, 6.45) is 3.52. The van der Waals surface area contributed by atoms with Crippen molar-refractivity contribution in [1.82, 2.24) is 0 Å². The van der Waals surface area contributed by atoms with E-state index in [2.05, 4.69) is 19.1 Å². The van der Waals surface area contributed by atoms with Crippen molar-refractivity contribution in [3.63, 3.8) is 0 Å². The molecule has 15 heavy (non-hydrogen) atoms. The number of benzene rings is 1. The molecule has 0 fully saturated rings. The molecule has 0 amide bonds. The Morgan fingerprint density at radius 3 is 3.00 bits per heavy atom. The van der Waals surface area contributed by atoms with Gasteiger partial charge < -0.3 is 5.73 Å². The van der Waals surface area contributed by atoms with Crippen molar-refractivity contribution < 1.29 is 0 Å². The van der Waals surface area contributed by atoms with Crippen LogP contribution in [0.25, 0.3) is 0 Å². The minimum atomic E-state index is 0.635. The summed E-state index contributed by atoms with van der Waals surface area (Å²) in [5.41, 5.74) is 8.59. The third kappa shape index (κ3) is 2.19. The second-order valence-corrected chi connectivity index (χ2v) is 4.98. The fourth-order valence-electron chi connectivity index (χ4n) is 2.66. The number of aryl methyl sites for hydroxylation is 1. The maximum Gasteiger partial charge on any atom is 0.0408 e. The molecule has 0 radical (unpaired) electrons. The van der Waals surface area contributed by atoms with Gasteiger partial charge in [0.25, 0.3) is 0 Å². The molecule has 0 saturated carbocycles. The Hall–Kier alpha value is -0.530. The zero-order chi connectivity index (χ0) is 10.8. The van der Waals surface area contributed by atoms with Crippen LogP contribution in [0.5, 0.6) is 0 Å². The van der Waals surface area contributed by atoms with Gasteiger partial charge in [0.15, 0.2) is 0 Å². The van der Waals surface area contributed by atoms with Gasteiger partial charge in [-0.2, -0.15) is 0 Å². The molecule has 1 nitrogen and oxygen atoms in total. The van der Waals surface area contributed by atoms with Crippen LogP contribution in [0.3, 0.4) is 0 Å². The highest BCUT2D eigenvalue weighted by Crippen LogP contribution is 2.38. The summed E-state index contributed by atoms with van der Waals surface area (Å²) in [6.45, 7) is 3.11. The lowest BCUT2D eigenvalue weighted by Crippen LogP contribution is -2.21. The molecule has 0 heterocycles. The Balaban J connectivity index is 2.34. The second-order valence-electron chi connectivity index (χ2n) is 4.54. The molecule has 2 heteroatoms. The summed E-state index contributed by atoms with van der Waals surface area (Å²) in [4.78, 5) is 0. The first-order valence-corrected chi connectivity index (χ1v) is 6.08. The topological polar surface area (TPSA) is 26.0 Å². The molecule has 0 aliphatic heterocycles. The van der Waals surface area contributed by atoms with Crippen LogP contribution in [0.1, 0.15) is 36.8 Å². The molecular formula is C13H18ClN. The van der Waals surface area contributed by atoms with Crippen LogP contribution in [-0.4, -0.2) is 6.54 Å². The smallest absolute Gasteiger partial charge is 0.0408 e. The van der Waals surface area contributed by atoms with Crippen LogP contribution in [0, 0.1) is 5.92 Å². The first kappa shape index (κ1) is 11.0. The average molecular weight is 224 g/mol. The number of hydrogen-bond donors (Lipinski definition) is 1. The zero-order valence-corrected chi connectivity index (χ0v) is 9.93. The van der Waals surface area contributed by atoms with Gasteiger partial charge in [-0.25, -0.2) is 0 Å². The second kappa shape index (κ2) is 4.54. The van der Waals surface area contributed by atoms with E-state index < -0.39 is 0 Å². The summed E-state index contributed by atoms with van der Waals surface area (Å²) >= 11 is 6.01. The molecule has 0 bridgehead atoms. The third-order valence-corrected chi connectivity index (χ3v) is 3.77. The molecule has 1 aliphatic rings. The first-order valence-electron chi connectivity index (χ1n) is 5.70. The zero-order valence-electron chi connectivity index (χ0n) is 9.17. The summed E-state index contributed by atoms with van der Waals surface area (Å²) < 4.78 is 0. The summed E-state index contributed by atoms with van der Waals surface area (Å²) in [6, 6.07) is 6.31. The Morgan fingerprint density at radius 1 is 1.47 bits per heavy atom. The minimum Gasteiger partial charge on any atom is -0.330 e. The van der Waals surface area contributed by atoms with Gasteiger partial charge in [0.2, 0.25) is 0 Å². The molecule has 0 saturated heterocycles. The molecule has 0 spiro atoms. The van der Waals surface area contributed by atoms with Crippen molar-refractivity contribution in [2.75, 3.05) is 6.54 Å². The van der Waals surface area contributed by atoms with Crippen LogP contribution in [-0.2, 0) is 6.42 Å². The predicted molar refractivity (Wildman–Crippen MR) is 65.3 cm³/mol. The van der Waals surface area contributed by atoms with Gasteiger partial charge >= 0.3 is 0 Å². The Morgan fingerprint density at radius 2 is 2.27 bits per heavy atom. The van der Waals surface area contributed by atoms with E-state index in [9.17, 15) is 0 Å². The van der Waals surface area contributed by atoms with Gasteiger partial charge in [-0.05, 0) is 60.9 Å². The molecule has 2 N–H and O–H groups in total. The van der Waals surface area contributed by atoms with Crippen molar-refractivity contribution in [3.05, 3.63) is 34.3 Å². The van der Waals surface area contributed by atoms with Crippen LogP contribution in [0.15, 0.2) is 18.2 Å². The summed E-state index contributed by atoms with van der Waals surface area (Å²) in [5, 5.41) is 0.856. The molecule has 2 rings (SSSR count). The van der Waals surface area contributed by atoms with Gasteiger partial charge in [0.1, 0.15) is 0 Å². The minimum absolute atomic E-state index is 0.635. The molecular weight excluding hydrogens is 206 g/mol. The number of halogens is 1.